The quantitative estimate of drug-likeness (QED) is 0.807. The summed E-state index contributed by atoms with van der Waals surface area (Å²) in [6.45, 7) is 10.2. The highest BCUT2D eigenvalue weighted by Gasteiger charge is 2.52. The zero-order valence-electron chi connectivity index (χ0n) is 14.9. The van der Waals surface area contributed by atoms with Gasteiger partial charge in [0.2, 0.25) is 0 Å². The van der Waals surface area contributed by atoms with E-state index >= 15 is 0 Å². The van der Waals surface area contributed by atoms with Crippen LogP contribution >= 0.6 is 0 Å². The number of hydrogen-bond donors (Lipinski definition) is 0. The lowest BCUT2D eigenvalue weighted by Gasteiger charge is -2.32. The molecule has 2 aromatic rings. The molecule has 1 aliphatic rings. The Morgan fingerprint density at radius 3 is 2.25 bits per heavy atom. The Hall–Kier alpha value is -1.66. The van der Waals surface area contributed by atoms with E-state index in [0.717, 1.165) is 17.4 Å². The lowest BCUT2D eigenvalue weighted by molar-refractivity contribution is 0.00578. The van der Waals surface area contributed by atoms with Gasteiger partial charge in [-0.2, -0.15) is 5.10 Å². The van der Waals surface area contributed by atoms with Gasteiger partial charge >= 0.3 is 7.12 Å². The van der Waals surface area contributed by atoms with Crippen molar-refractivity contribution < 1.29 is 13.7 Å². The number of nitrogens with zero attached hydrogens (tertiary/aromatic N) is 2. The van der Waals surface area contributed by atoms with Gasteiger partial charge in [0.1, 0.15) is 5.82 Å². The first-order chi connectivity index (χ1) is 11.2. The number of halogens is 1. The molecule has 1 saturated heterocycles. The van der Waals surface area contributed by atoms with E-state index in [1.807, 2.05) is 38.6 Å². The fourth-order valence-corrected chi connectivity index (χ4v) is 2.88. The highest BCUT2D eigenvalue weighted by Crippen LogP contribution is 2.36. The van der Waals surface area contributed by atoms with E-state index in [9.17, 15) is 4.39 Å². The van der Waals surface area contributed by atoms with E-state index in [1.54, 1.807) is 18.3 Å². The molecule has 1 aliphatic heterocycles. The average Bonchev–Trinajstić information content (AvgIpc) is 3.05. The first-order valence-corrected chi connectivity index (χ1v) is 8.38. The molecule has 0 radical (unpaired) electrons. The van der Waals surface area contributed by atoms with E-state index in [-0.39, 0.29) is 23.1 Å². The summed E-state index contributed by atoms with van der Waals surface area (Å²) in [5, 5.41) is 4.49. The van der Waals surface area contributed by atoms with E-state index in [4.69, 9.17) is 9.31 Å². The molecule has 1 unspecified atom stereocenters. The Morgan fingerprint density at radius 1 is 1.12 bits per heavy atom. The van der Waals surface area contributed by atoms with Crippen LogP contribution in [0.25, 0.3) is 0 Å². The number of hydrogen-bond acceptors (Lipinski definition) is 3. The van der Waals surface area contributed by atoms with Crippen molar-refractivity contribution in [3.05, 3.63) is 48.0 Å². The van der Waals surface area contributed by atoms with Crippen molar-refractivity contribution in [3.8, 4) is 0 Å². The third kappa shape index (κ3) is 3.00. The van der Waals surface area contributed by atoms with Gasteiger partial charge in [-0.15, -0.1) is 0 Å². The Morgan fingerprint density at radius 2 is 1.71 bits per heavy atom. The van der Waals surface area contributed by atoms with Crippen molar-refractivity contribution in [3.63, 3.8) is 0 Å². The molecule has 1 aromatic carbocycles. The molecule has 0 aliphatic carbocycles. The summed E-state index contributed by atoms with van der Waals surface area (Å²) in [7, 11) is -0.422. The van der Waals surface area contributed by atoms with Crippen LogP contribution in [0.4, 0.5) is 4.39 Å². The molecule has 1 atom stereocenters. The first kappa shape index (κ1) is 17.2. The van der Waals surface area contributed by atoms with Crippen molar-refractivity contribution in [2.24, 2.45) is 0 Å². The summed E-state index contributed by atoms with van der Waals surface area (Å²) in [6, 6.07) is 6.63. The highest BCUT2D eigenvalue weighted by molar-refractivity contribution is 6.62. The van der Waals surface area contributed by atoms with Gasteiger partial charge in [0.05, 0.1) is 17.2 Å². The van der Waals surface area contributed by atoms with Gasteiger partial charge in [-0.3, -0.25) is 4.68 Å². The van der Waals surface area contributed by atoms with Crippen molar-refractivity contribution in [2.75, 3.05) is 0 Å². The zero-order chi connectivity index (χ0) is 17.5. The minimum atomic E-state index is -0.422. The second kappa shape index (κ2) is 6.01. The summed E-state index contributed by atoms with van der Waals surface area (Å²) in [5.41, 5.74) is 1.18. The molecule has 0 bridgehead atoms. The highest BCUT2D eigenvalue weighted by atomic mass is 19.1. The van der Waals surface area contributed by atoms with Gasteiger partial charge in [-0.25, -0.2) is 4.39 Å². The number of aromatic nitrogens is 2. The molecule has 2 heterocycles. The lowest BCUT2D eigenvalue weighted by Crippen LogP contribution is -2.41. The van der Waals surface area contributed by atoms with E-state index in [0.29, 0.717) is 0 Å². The minimum Gasteiger partial charge on any atom is -0.399 e. The molecule has 1 aromatic heterocycles. The Kier molecular flexibility index (Phi) is 4.30. The van der Waals surface area contributed by atoms with Crippen LogP contribution in [0.5, 0.6) is 0 Å². The maximum absolute atomic E-state index is 13.2. The molecule has 0 N–H and O–H groups in total. The lowest BCUT2D eigenvalue weighted by atomic mass is 9.82. The summed E-state index contributed by atoms with van der Waals surface area (Å²) in [5.74, 6) is -0.230. The van der Waals surface area contributed by atoms with Gasteiger partial charge in [0.15, 0.2) is 0 Å². The maximum Gasteiger partial charge on any atom is 0.498 e. The normalized spacial score (nSPS) is 20.3. The second-order valence-corrected chi connectivity index (χ2v) is 7.32. The van der Waals surface area contributed by atoms with E-state index < -0.39 is 7.12 Å². The smallest absolute Gasteiger partial charge is 0.399 e. The fraction of sp³-hybridized carbons (Fsp3) is 0.500. The molecule has 6 heteroatoms. The van der Waals surface area contributed by atoms with Crippen LogP contribution in [0, 0.1) is 5.82 Å². The second-order valence-electron chi connectivity index (χ2n) is 7.32. The molecule has 24 heavy (non-hydrogen) atoms. The zero-order valence-corrected chi connectivity index (χ0v) is 14.9. The standard InChI is InChI=1S/C18H24BFN2O2/c1-6-16(13-7-9-15(20)10-8-13)22-12-14(11-21-22)19-23-17(2,3)18(4,5)24-19/h7-12,16H,6H2,1-5H3. The number of rotatable bonds is 4. The molecule has 4 nitrogen and oxygen atoms in total. The maximum atomic E-state index is 13.2. The average molecular weight is 330 g/mol. The molecule has 0 amide bonds. The molecule has 128 valence electrons. The van der Waals surface area contributed by atoms with E-state index in [1.165, 1.54) is 12.1 Å². The predicted molar refractivity (Wildman–Crippen MR) is 92.8 cm³/mol. The first-order valence-electron chi connectivity index (χ1n) is 8.38. The monoisotopic (exact) mass is 330 g/mol. The molecule has 3 rings (SSSR count). The van der Waals surface area contributed by atoms with Crippen LogP contribution in [0.2, 0.25) is 0 Å². The van der Waals surface area contributed by atoms with Crippen LogP contribution < -0.4 is 5.46 Å². The number of benzene rings is 1. The van der Waals surface area contributed by atoms with Crippen molar-refractivity contribution in [2.45, 2.75) is 58.3 Å². The SMILES string of the molecule is CCC(c1ccc(F)cc1)n1cc(B2OC(C)(C)C(C)(C)O2)cn1. The summed E-state index contributed by atoms with van der Waals surface area (Å²) in [4.78, 5) is 0. The molecule has 0 spiro atoms. The summed E-state index contributed by atoms with van der Waals surface area (Å²) < 4.78 is 27.2. The minimum absolute atomic E-state index is 0.0572. The van der Waals surface area contributed by atoms with E-state index in [2.05, 4.69) is 12.0 Å². The van der Waals surface area contributed by atoms with Crippen molar-refractivity contribution >= 4 is 12.6 Å². The summed E-state index contributed by atoms with van der Waals surface area (Å²) >= 11 is 0. The summed E-state index contributed by atoms with van der Waals surface area (Å²) in [6.07, 6.45) is 4.60. The topological polar surface area (TPSA) is 36.3 Å². The van der Waals surface area contributed by atoms with Gasteiger partial charge in [0, 0.05) is 17.9 Å². The van der Waals surface area contributed by atoms with Crippen LogP contribution in [-0.4, -0.2) is 28.1 Å². The third-order valence-electron chi connectivity index (χ3n) is 5.11. The van der Waals surface area contributed by atoms with Crippen molar-refractivity contribution in [1.82, 2.24) is 9.78 Å². The van der Waals surface area contributed by atoms with Gasteiger partial charge in [-0.1, -0.05) is 19.1 Å². The predicted octanol–water partition coefficient (Wildman–Crippen LogP) is 3.32. The fourth-order valence-electron chi connectivity index (χ4n) is 2.88. The van der Waals surface area contributed by atoms with Crippen LogP contribution in [0.3, 0.4) is 0 Å². The molecular weight excluding hydrogens is 306 g/mol. The van der Waals surface area contributed by atoms with Crippen molar-refractivity contribution in [1.29, 1.82) is 0 Å². The van der Waals surface area contributed by atoms with Crippen LogP contribution in [0.1, 0.15) is 52.6 Å². The Bertz CT molecular complexity index is 696. The van der Waals surface area contributed by atoms with Gasteiger partial charge in [0.25, 0.3) is 0 Å². The molecular formula is C18H24BFN2O2. The third-order valence-corrected chi connectivity index (χ3v) is 5.11. The van der Waals surface area contributed by atoms with Crippen LogP contribution in [0.15, 0.2) is 36.7 Å². The van der Waals surface area contributed by atoms with Gasteiger partial charge in [-0.05, 0) is 51.8 Å². The van der Waals surface area contributed by atoms with Gasteiger partial charge < -0.3 is 9.31 Å². The Labute approximate surface area is 143 Å². The molecule has 1 fully saturated rings. The largest absolute Gasteiger partial charge is 0.498 e. The Balaban J connectivity index is 1.84. The molecule has 0 saturated carbocycles. The van der Waals surface area contributed by atoms with Crippen LogP contribution in [-0.2, 0) is 9.31 Å².